The molecule has 11 nitrogen and oxygen atoms in total. The number of aromatic nitrogens is 2. The molecule has 6 N–H and O–H groups in total. The summed E-state index contributed by atoms with van der Waals surface area (Å²) in [6, 6.07) is 10.8. The number of rotatable bonds is 8. The Hall–Kier alpha value is -5.31. The molecule has 47 heavy (non-hydrogen) atoms. The van der Waals surface area contributed by atoms with Gasteiger partial charge in [0.15, 0.2) is 0 Å². The standard InChI is InChI=1S/C32H28F4N6O5/c1-30(28(37)44)15-47-26-21(30)13-23(42-25(26)16-4-6-19(33)7-5-16)31(46,32(34,35)36)14-39-27(43)18-11-17-3-2-10-38-24(17)22(12-18)41-29(45)40-20-8-9-20/h2-7,10-13,20,46H,8-9,14-15H2,1H3,(H2,37,44)(H,39,43)(H2,40,41,45)/t30-,31-/m0/s1. The van der Waals surface area contributed by atoms with E-state index in [0.29, 0.717) is 10.9 Å². The molecule has 2 aromatic carbocycles. The third-order valence-corrected chi connectivity index (χ3v) is 8.26. The Morgan fingerprint density at radius 2 is 1.83 bits per heavy atom. The summed E-state index contributed by atoms with van der Waals surface area (Å²) in [5.41, 5.74) is -0.474. The fourth-order valence-electron chi connectivity index (χ4n) is 5.24. The molecular weight excluding hydrogens is 624 g/mol. The SMILES string of the molecule is C[C@]1(C(N)=O)COc2c1cc([C@@](O)(CNC(=O)c1cc(NC(=O)NC3CC3)c3ncccc3c1)C(F)(F)F)nc2-c1ccc(F)cc1. The maximum atomic E-state index is 14.8. The highest BCUT2D eigenvalue weighted by atomic mass is 19.4. The summed E-state index contributed by atoms with van der Waals surface area (Å²) >= 11 is 0. The first-order chi connectivity index (χ1) is 22.2. The van der Waals surface area contributed by atoms with Gasteiger partial charge in [-0.15, -0.1) is 0 Å². The summed E-state index contributed by atoms with van der Waals surface area (Å²) in [6.07, 6.45) is -2.26. The van der Waals surface area contributed by atoms with E-state index in [1.54, 1.807) is 12.1 Å². The van der Waals surface area contributed by atoms with E-state index in [1.807, 2.05) is 0 Å². The van der Waals surface area contributed by atoms with Gasteiger partial charge in [-0.2, -0.15) is 13.2 Å². The highest BCUT2D eigenvalue weighted by molar-refractivity contribution is 6.05. The topological polar surface area (TPSA) is 169 Å². The van der Waals surface area contributed by atoms with Crippen molar-refractivity contribution >= 4 is 34.4 Å². The summed E-state index contributed by atoms with van der Waals surface area (Å²) in [4.78, 5) is 46.6. The van der Waals surface area contributed by atoms with Crippen molar-refractivity contribution in [3.8, 4) is 17.0 Å². The van der Waals surface area contributed by atoms with Crippen LogP contribution in [0.25, 0.3) is 22.2 Å². The molecule has 0 spiro atoms. The molecule has 4 amide bonds. The Balaban J connectivity index is 1.37. The van der Waals surface area contributed by atoms with E-state index in [-0.39, 0.29) is 46.5 Å². The molecule has 3 heterocycles. The lowest BCUT2D eigenvalue weighted by Gasteiger charge is -2.31. The van der Waals surface area contributed by atoms with Gasteiger partial charge in [0.1, 0.15) is 29.3 Å². The first-order valence-electron chi connectivity index (χ1n) is 14.5. The number of urea groups is 1. The van der Waals surface area contributed by atoms with Crippen LogP contribution in [0.15, 0.2) is 60.8 Å². The van der Waals surface area contributed by atoms with Gasteiger partial charge in [-0.25, -0.2) is 14.2 Å². The number of fused-ring (bicyclic) bond motifs is 2. The van der Waals surface area contributed by atoms with Crippen LogP contribution < -0.4 is 26.4 Å². The Morgan fingerprint density at radius 1 is 1.11 bits per heavy atom. The number of nitrogens with zero attached hydrogens (tertiary/aromatic N) is 2. The van der Waals surface area contributed by atoms with E-state index in [0.717, 1.165) is 31.0 Å². The minimum Gasteiger partial charge on any atom is -0.489 e. The van der Waals surface area contributed by atoms with Crippen molar-refractivity contribution in [3.63, 3.8) is 0 Å². The van der Waals surface area contributed by atoms with Crippen molar-refractivity contribution in [2.24, 2.45) is 5.73 Å². The largest absolute Gasteiger partial charge is 0.489 e. The van der Waals surface area contributed by atoms with Gasteiger partial charge in [-0.05, 0) is 68.3 Å². The summed E-state index contributed by atoms with van der Waals surface area (Å²) in [7, 11) is 0. The summed E-state index contributed by atoms with van der Waals surface area (Å²) in [5, 5.41) is 19.3. The van der Waals surface area contributed by atoms with Gasteiger partial charge in [0.25, 0.3) is 5.91 Å². The van der Waals surface area contributed by atoms with Gasteiger partial charge in [0, 0.05) is 34.3 Å². The third-order valence-electron chi connectivity index (χ3n) is 8.26. The predicted molar refractivity (Wildman–Crippen MR) is 161 cm³/mol. The van der Waals surface area contributed by atoms with Crippen LogP contribution in [0, 0.1) is 5.82 Å². The highest BCUT2D eigenvalue weighted by Gasteiger charge is 2.57. The first-order valence-corrected chi connectivity index (χ1v) is 14.5. The molecule has 15 heteroatoms. The summed E-state index contributed by atoms with van der Waals surface area (Å²) < 4.78 is 63.7. The molecule has 1 fully saturated rings. The zero-order chi connectivity index (χ0) is 33.7. The van der Waals surface area contributed by atoms with Crippen LogP contribution in [0.3, 0.4) is 0 Å². The van der Waals surface area contributed by atoms with E-state index in [1.165, 1.54) is 37.4 Å². The lowest BCUT2D eigenvalue weighted by atomic mass is 9.81. The fourth-order valence-corrected chi connectivity index (χ4v) is 5.24. The third kappa shape index (κ3) is 5.89. The Kier molecular flexibility index (Phi) is 7.74. The van der Waals surface area contributed by atoms with Crippen LogP contribution >= 0.6 is 0 Å². The van der Waals surface area contributed by atoms with Crippen LogP contribution in [0.2, 0.25) is 0 Å². The molecule has 244 valence electrons. The molecule has 0 saturated heterocycles. The van der Waals surface area contributed by atoms with E-state index in [4.69, 9.17) is 10.5 Å². The lowest BCUT2D eigenvalue weighted by Crippen LogP contribution is -2.51. The molecule has 1 aliphatic heterocycles. The molecular formula is C32H28F4N6O5. The average molecular weight is 653 g/mol. The Labute approximate surface area is 264 Å². The van der Waals surface area contributed by atoms with Gasteiger partial charge in [0.2, 0.25) is 11.5 Å². The first kappa shape index (κ1) is 31.7. The molecule has 1 saturated carbocycles. The monoisotopic (exact) mass is 652 g/mol. The number of benzene rings is 2. The lowest BCUT2D eigenvalue weighted by molar-refractivity contribution is -0.265. The summed E-state index contributed by atoms with van der Waals surface area (Å²) in [5.74, 6) is -2.58. The number of amides is 4. The van der Waals surface area contributed by atoms with Crippen LogP contribution in [-0.4, -0.2) is 58.3 Å². The van der Waals surface area contributed by atoms with Crippen molar-refractivity contribution in [3.05, 3.63) is 83.4 Å². The van der Waals surface area contributed by atoms with Gasteiger partial charge >= 0.3 is 12.2 Å². The molecule has 6 rings (SSSR count). The van der Waals surface area contributed by atoms with Crippen LogP contribution in [0.4, 0.5) is 28.0 Å². The Bertz CT molecular complexity index is 1920. The molecule has 2 aromatic heterocycles. The normalized spacial score (nSPS) is 18.5. The maximum absolute atomic E-state index is 14.8. The van der Waals surface area contributed by atoms with Crippen molar-refractivity contribution in [2.75, 3.05) is 18.5 Å². The number of halogens is 4. The number of alkyl halides is 3. The second kappa shape index (κ2) is 11.5. The second-order valence-electron chi connectivity index (χ2n) is 11.7. The number of anilines is 1. The minimum atomic E-state index is -5.40. The van der Waals surface area contributed by atoms with Crippen molar-refractivity contribution < 1.29 is 41.8 Å². The molecule has 2 aliphatic rings. The van der Waals surface area contributed by atoms with Crippen molar-refractivity contribution in [1.29, 1.82) is 0 Å². The number of nitrogens with two attached hydrogens (primary N) is 1. The average Bonchev–Trinajstić information content (AvgIpc) is 3.78. The van der Waals surface area contributed by atoms with Crippen LogP contribution in [0.1, 0.15) is 41.4 Å². The van der Waals surface area contributed by atoms with E-state index in [9.17, 15) is 37.1 Å². The number of hydrogen-bond donors (Lipinski definition) is 5. The smallest absolute Gasteiger partial charge is 0.424 e. The van der Waals surface area contributed by atoms with Crippen molar-refractivity contribution in [1.82, 2.24) is 20.6 Å². The molecule has 1 aliphatic carbocycles. The van der Waals surface area contributed by atoms with Gasteiger partial charge < -0.3 is 31.5 Å². The zero-order valence-corrected chi connectivity index (χ0v) is 24.7. The number of pyridine rings is 2. The van der Waals surface area contributed by atoms with Crippen molar-refractivity contribution in [2.45, 2.75) is 43.0 Å². The Morgan fingerprint density at radius 3 is 2.49 bits per heavy atom. The van der Waals surface area contributed by atoms with Gasteiger partial charge in [0.05, 0.1) is 23.4 Å². The maximum Gasteiger partial charge on any atom is 0.424 e. The van der Waals surface area contributed by atoms with Crippen LogP contribution in [0.5, 0.6) is 5.75 Å². The number of carbonyl (C=O) groups is 3. The van der Waals surface area contributed by atoms with E-state index >= 15 is 0 Å². The molecule has 0 bridgehead atoms. The zero-order valence-electron chi connectivity index (χ0n) is 24.7. The van der Waals surface area contributed by atoms with E-state index < -0.39 is 53.1 Å². The van der Waals surface area contributed by atoms with Gasteiger partial charge in [-0.1, -0.05) is 6.07 Å². The number of nitrogens with one attached hydrogen (secondary N) is 3. The number of aliphatic hydroxyl groups is 1. The number of primary amides is 1. The van der Waals surface area contributed by atoms with Crippen LogP contribution in [-0.2, 0) is 15.8 Å². The summed E-state index contributed by atoms with van der Waals surface area (Å²) in [6.45, 7) is -0.336. The highest BCUT2D eigenvalue weighted by Crippen LogP contribution is 2.47. The molecule has 4 aromatic rings. The predicted octanol–water partition coefficient (Wildman–Crippen LogP) is 4.04. The molecule has 0 radical (unpaired) electrons. The quantitative estimate of drug-likeness (QED) is 0.179. The van der Waals surface area contributed by atoms with Gasteiger partial charge in [-0.3, -0.25) is 14.6 Å². The minimum absolute atomic E-state index is 0.0320. The number of ether oxygens (including phenoxy) is 1. The van der Waals surface area contributed by atoms with E-state index in [2.05, 4.69) is 25.9 Å². The molecule has 2 atom stereocenters. The second-order valence-corrected chi connectivity index (χ2v) is 11.7. The number of carbonyl (C=O) groups excluding carboxylic acids is 3. The molecule has 0 unspecified atom stereocenters. The number of hydrogen-bond acceptors (Lipinski definition) is 7. The fraction of sp³-hybridized carbons (Fsp3) is 0.281.